The number of hydrogen-bond donors (Lipinski definition) is 0. The van der Waals surface area contributed by atoms with Crippen LogP contribution in [0.2, 0.25) is 38.3 Å². The van der Waals surface area contributed by atoms with Crippen molar-refractivity contribution in [2.24, 2.45) is 0 Å². The van der Waals surface area contributed by atoms with Gasteiger partial charge in [0, 0.05) is 11.1 Å². The van der Waals surface area contributed by atoms with Crippen molar-refractivity contribution in [1.82, 2.24) is 0 Å². The number of para-hydroxylation sites is 2. The summed E-state index contributed by atoms with van der Waals surface area (Å²) in [6.07, 6.45) is 3.63. The van der Waals surface area contributed by atoms with Crippen LogP contribution in [0.15, 0.2) is 72.8 Å². The van der Waals surface area contributed by atoms with Crippen LogP contribution in [0.4, 0.5) is 0 Å². The third kappa shape index (κ3) is 10.6. The SMILES string of the molecule is C=C(C)C(=O)Oc1ccccc1CCC[Si](C)(C)O[Si](C)(C)CCCc1ccccc1OC(=O)C(=C)C. The third-order valence-corrected chi connectivity index (χ3v) is 13.6. The molecule has 0 aliphatic heterocycles. The molecule has 0 N–H and O–H groups in total. The molecular weight excluding hydrogens is 496 g/mol. The number of esters is 2. The summed E-state index contributed by atoms with van der Waals surface area (Å²) >= 11 is 0. The van der Waals surface area contributed by atoms with Crippen LogP contribution in [0.25, 0.3) is 0 Å². The molecular formula is C30H42O5Si2. The zero-order chi connectivity index (χ0) is 27.6. The second kappa shape index (κ2) is 13.7. The Morgan fingerprint density at radius 1 is 0.676 bits per heavy atom. The monoisotopic (exact) mass is 538 g/mol. The molecule has 2 aromatic carbocycles. The van der Waals surface area contributed by atoms with Crippen molar-refractivity contribution < 1.29 is 23.2 Å². The first-order valence-electron chi connectivity index (χ1n) is 12.9. The van der Waals surface area contributed by atoms with Crippen LogP contribution in [0, 0.1) is 0 Å². The summed E-state index contributed by atoms with van der Waals surface area (Å²) in [5.74, 6) is 0.435. The minimum Gasteiger partial charge on any atom is -0.455 e. The fourth-order valence-corrected chi connectivity index (χ4v) is 13.1. The normalized spacial score (nSPS) is 11.6. The largest absolute Gasteiger partial charge is 0.455 e. The molecule has 2 rings (SSSR count). The van der Waals surface area contributed by atoms with Gasteiger partial charge in [0.15, 0.2) is 16.6 Å². The molecule has 0 radical (unpaired) electrons. The molecule has 37 heavy (non-hydrogen) atoms. The van der Waals surface area contributed by atoms with Crippen molar-refractivity contribution in [3.8, 4) is 11.5 Å². The lowest BCUT2D eigenvalue weighted by Gasteiger charge is -2.34. The molecule has 0 unspecified atom stereocenters. The molecule has 0 saturated heterocycles. The van der Waals surface area contributed by atoms with Crippen LogP contribution < -0.4 is 9.47 Å². The third-order valence-electron chi connectivity index (χ3n) is 6.05. The van der Waals surface area contributed by atoms with E-state index in [9.17, 15) is 9.59 Å². The van der Waals surface area contributed by atoms with Crippen molar-refractivity contribution in [3.05, 3.63) is 84.0 Å². The maximum Gasteiger partial charge on any atom is 0.338 e. The molecule has 0 amide bonds. The van der Waals surface area contributed by atoms with Gasteiger partial charge in [-0.05, 0) is 101 Å². The lowest BCUT2D eigenvalue weighted by atomic mass is 10.1. The van der Waals surface area contributed by atoms with Gasteiger partial charge in [-0.3, -0.25) is 0 Å². The molecule has 0 heterocycles. The summed E-state index contributed by atoms with van der Waals surface area (Å²) < 4.78 is 17.9. The summed E-state index contributed by atoms with van der Waals surface area (Å²) in [4.78, 5) is 23.9. The van der Waals surface area contributed by atoms with E-state index < -0.39 is 28.6 Å². The summed E-state index contributed by atoms with van der Waals surface area (Å²) in [6, 6.07) is 17.5. The Bertz CT molecular complexity index is 1030. The minimum absolute atomic E-state index is 0.389. The van der Waals surface area contributed by atoms with Crippen LogP contribution in [0.3, 0.4) is 0 Å². The molecule has 0 aliphatic carbocycles. The average molecular weight is 539 g/mol. The Kier molecular flexibility index (Phi) is 11.3. The van der Waals surface area contributed by atoms with E-state index in [1.165, 1.54) is 0 Å². The van der Waals surface area contributed by atoms with E-state index in [1.807, 2.05) is 48.5 Å². The van der Waals surface area contributed by atoms with Gasteiger partial charge in [0.2, 0.25) is 0 Å². The van der Waals surface area contributed by atoms with E-state index in [1.54, 1.807) is 13.8 Å². The molecule has 7 heteroatoms. The highest BCUT2D eigenvalue weighted by molar-refractivity contribution is 6.84. The van der Waals surface area contributed by atoms with Gasteiger partial charge < -0.3 is 13.6 Å². The van der Waals surface area contributed by atoms with Crippen LogP contribution in [-0.2, 0) is 26.5 Å². The van der Waals surface area contributed by atoms with Gasteiger partial charge >= 0.3 is 11.9 Å². The van der Waals surface area contributed by atoms with E-state index in [0.29, 0.717) is 22.6 Å². The first-order chi connectivity index (χ1) is 17.3. The van der Waals surface area contributed by atoms with Gasteiger partial charge in [0.05, 0.1) is 0 Å². The second-order valence-electron chi connectivity index (χ2n) is 10.9. The molecule has 0 spiro atoms. The van der Waals surface area contributed by atoms with Crippen molar-refractivity contribution in [2.75, 3.05) is 0 Å². The number of carbonyl (C=O) groups is 2. The van der Waals surface area contributed by atoms with E-state index >= 15 is 0 Å². The fourth-order valence-electron chi connectivity index (χ4n) is 4.25. The number of hydrogen-bond acceptors (Lipinski definition) is 5. The zero-order valence-corrected chi connectivity index (χ0v) is 25.3. The van der Waals surface area contributed by atoms with Gasteiger partial charge in [-0.2, -0.15) is 0 Å². The Hall–Kier alpha value is -2.75. The Morgan fingerprint density at radius 3 is 1.38 bits per heavy atom. The minimum atomic E-state index is -1.87. The maximum atomic E-state index is 12.0. The number of rotatable bonds is 14. The predicted octanol–water partition coefficient (Wildman–Crippen LogP) is 7.64. The first kappa shape index (κ1) is 30.5. The molecule has 200 valence electrons. The molecule has 5 nitrogen and oxygen atoms in total. The number of aryl methyl sites for hydroxylation is 2. The Morgan fingerprint density at radius 2 is 1.03 bits per heavy atom. The highest BCUT2D eigenvalue weighted by Gasteiger charge is 2.32. The molecule has 0 aliphatic rings. The van der Waals surface area contributed by atoms with Crippen LogP contribution in [0.5, 0.6) is 11.5 Å². The number of benzene rings is 2. The second-order valence-corrected chi connectivity index (χ2v) is 19.7. The van der Waals surface area contributed by atoms with Crippen LogP contribution in [0.1, 0.15) is 37.8 Å². The number of carbonyl (C=O) groups excluding carboxylic acids is 2. The van der Waals surface area contributed by atoms with Crippen molar-refractivity contribution >= 4 is 28.6 Å². The first-order valence-corrected chi connectivity index (χ1v) is 19.1. The topological polar surface area (TPSA) is 61.8 Å². The average Bonchev–Trinajstić information content (AvgIpc) is 2.80. The van der Waals surface area contributed by atoms with E-state index in [2.05, 4.69) is 39.3 Å². The predicted molar refractivity (Wildman–Crippen MR) is 156 cm³/mol. The molecule has 0 saturated carbocycles. The smallest absolute Gasteiger partial charge is 0.338 e. The van der Waals surface area contributed by atoms with Gasteiger partial charge in [-0.25, -0.2) is 9.59 Å². The van der Waals surface area contributed by atoms with Gasteiger partial charge in [-0.1, -0.05) is 49.6 Å². The summed E-state index contributed by atoms with van der Waals surface area (Å²) in [5.41, 5.74) is 2.84. The van der Waals surface area contributed by atoms with Crippen molar-refractivity contribution in [3.63, 3.8) is 0 Å². The van der Waals surface area contributed by atoms with Crippen LogP contribution in [-0.4, -0.2) is 28.6 Å². The lowest BCUT2D eigenvalue weighted by Crippen LogP contribution is -2.44. The molecule has 2 aromatic rings. The summed E-state index contributed by atoms with van der Waals surface area (Å²) in [5, 5.41) is 0. The van der Waals surface area contributed by atoms with E-state index in [0.717, 1.165) is 48.9 Å². The fraction of sp³-hybridized carbons (Fsp3) is 0.400. The molecule has 0 aromatic heterocycles. The van der Waals surface area contributed by atoms with Crippen molar-refractivity contribution in [2.45, 2.75) is 77.8 Å². The summed E-state index contributed by atoms with van der Waals surface area (Å²) in [6.45, 7) is 19.8. The Labute approximate surface area is 224 Å². The highest BCUT2D eigenvalue weighted by atomic mass is 28.4. The van der Waals surface area contributed by atoms with Crippen LogP contribution >= 0.6 is 0 Å². The quantitative estimate of drug-likeness (QED) is 0.107. The highest BCUT2D eigenvalue weighted by Crippen LogP contribution is 2.28. The molecule has 0 atom stereocenters. The maximum absolute atomic E-state index is 12.0. The summed E-state index contributed by atoms with van der Waals surface area (Å²) in [7, 11) is -3.75. The standard InChI is InChI=1S/C30H42O5Si2/c1-23(2)29(31)33-27-19-11-9-15-25(27)17-13-21-36(5,6)35-37(7,8)22-14-18-26-16-10-12-20-28(26)34-30(32)24(3)4/h9-12,15-16,19-20H,1,3,13-14,17-18,21-22H2,2,4-8H3. The Balaban J connectivity index is 1.88. The van der Waals surface area contributed by atoms with Crippen molar-refractivity contribution in [1.29, 1.82) is 0 Å². The van der Waals surface area contributed by atoms with Gasteiger partial charge in [0.1, 0.15) is 11.5 Å². The molecule has 0 fully saturated rings. The number of ether oxygens (including phenoxy) is 2. The lowest BCUT2D eigenvalue weighted by molar-refractivity contribution is -0.131. The zero-order valence-electron chi connectivity index (χ0n) is 23.3. The van der Waals surface area contributed by atoms with E-state index in [4.69, 9.17) is 13.6 Å². The van der Waals surface area contributed by atoms with Gasteiger partial charge in [-0.15, -0.1) is 0 Å². The van der Waals surface area contributed by atoms with E-state index in [-0.39, 0.29) is 0 Å². The molecule has 0 bridgehead atoms. The van der Waals surface area contributed by atoms with Gasteiger partial charge in [0.25, 0.3) is 0 Å².